The number of fused-ring (bicyclic) bond motifs is 1. The molecule has 0 unspecified atom stereocenters. The van der Waals surface area contributed by atoms with Crippen molar-refractivity contribution in [3.05, 3.63) is 54.7 Å². The number of piperazine rings is 1. The molecule has 5 rings (SSSR count). The summed E-state index contributed by atoms with van der Waals surface area (Å²) in [7, 11) is 2.20. The highest BCUT2D eigenvalue weighted by molar-refractivity contribution is 5.99. The van der Waals surface area contributed by atoms with Gasteiger partial charge in [-0.2, -0.15) is 0 Å². The summed E-state index contributed by atoms with van der Waals surface area (Å²) in [5.41, 5.74) is 5.98. The number of pyridine rings is 1. The zero-order valence-electron chi connectivity index (χ0n) is 21.3. The summed E-state index contributed by atoms with van der Waals surface area (Å²) in [6.07, 6.45) is 6.09. The number of benzene rings is 2. The largest absolute Gasteiger partial charge is 0.383 e. The second-order valence-corrected chi connectivity index (χ2v) is 9.23. The van der Waals surface area contributed by atoms with E-state index in [1.54, 1.807) is 0 Å². The van der Waals surface area contributed by atoms with Crippen LogP contribution >= 0.6 is 0 Å². The molecule has 3 aromatic rings. The van der Waals surface area contributed by atoms with E-state index in [1.165, 1.54) is 60.2 Å². The van der Waals surface area contributed by atoms with Crippen molar-refractivity contribution in [3.8, 4) is 11.1 Å². The van der Waals surface area contributed by atoms with Gasteiger partial charge in [-0.15, -0.1) is 0 Å². The van der Waals surface area contributed by atoms with E-state index in [4.69, 9.17) is 4.98 Å². The zero-order valence-corrected chi connectivity index (χ0v) is 21.3. The van der Waals surface area contributed by atoms with Crippen LogP contribution in [-0.2, 0) is 0 Å². The Kier molecular flexibility index (Phi) is 8.78. The summed E-state index contributed by atoms with van der Waals surface area (Å²) < 4.78 is 0. The number of nitrogens with one attached hydrogen (secondary N) is 1. The van der Waals surface area contributed by atoms with Crippen LogP contribution in [0.4, 0.5) is 11.4 Å². The minimum atomic E-state index is 0.959. The lowest BCUT2D eigenvalue weighted by Gasteiger charge is -2.34. The SMILES string of the molecule is CC.CN1CCN(c2ccc(-c3cnc4ccccc4c3NCCN3CCCCC3)cc2)CC1. The Hall–Kier alpha value is -2.63. The molecule has 0 atom stereocenters. The molecule has 5 heteroatoms. The van der Waals surface area contributed by atoms with Gasteiger partial charge in [0.2, 0.25) is 0 Å². The molecular formula is C29H41N5. The Morgan fingerprint density at radius 3 is 2.26 bits per heavy atom. The Labute approximate surface area is 205 Å². The molecule has 2 aliphatic heterocycles. The molecule has 2 saturated heterocycles. The van der Waals surface area contributed by atoms with Gasteiger partial charge >= 0.3 is 0 Å². The lowest BCUT2D eigenvalue weighted by molar-refractivity contribution is 0.237. The highest BCUT2D eigenvalue weighted by atomic mass is 15.2. The molecule has 0 saturated carbocycles. The van der Waals surface area contributed by atoms with Crippen LogP contribution in [0.15, 0.2) is 54.7 Å². The van der Waals surface area contributed by atoms with Gasteiger partial charge in [-0.25, -0.2) is 0 Å². The van der Waals surface area contributed by atoms with E-state index in [9.17, 15) is 0 Å². The predicted molar refractivity (Wildman–Crippen MR) is 147 cm³/mol. The molecule has 182 valence electrons. The van der Waals surface area contributed by atoms with Gasteiger partial charge in [0, 0.05) is 62.1 Å². The number of hydrogen-bond acceptors (Lipinski definition) is 5. The van der Waals surface area contributed by atoms with Crippen LogP contribution in [-0.4, -0.2) is 74.2 Å². The van der Waals surface area contributed by atoms with Crippen LogP contribution in [0.1, 0.15) is 33.1 Å². The molecule has 3 heterocycles. The maximum atomic E-state index is 4.77. The molecule has 0 radical (unpaired) electrons. The van der Waals surface area contributed by atoms with Crippen molar-refractivity contribution >= 4 is 22.3 Å². The van der Waals surface area contributed by atoms with Crippen molar-refractivity contribution < 1.29 is 0 Å². The van der Waals surface area contributed by atoms with E-state index < -0.39 is 0 Å². The number of likely N-dealkylation sites (tertiary alicyclic amines) is 1. The number of nitrogens with zero attached hydrogens (tertiary/aromatic N) is 4. The van der Waals surface area contributed by atoms with Crippen LogP contribution in [0.5, 0.6) is 0 Å². The highest BCUT2D eigenvalue weighted by Crippen LogP contribution is 2.34. The first-order valence-electron chi connectivity index (χ1n) is 13.2. The molecule has 0 spiro atoms. The predicted octanol–water partition coefficient (Wildman–Crippen LogP) is 5.58. The molecule has 34 heavy (non-hydrogen) atoms. The molecular weight excluding hydrogens is 418 g/mol. The van der Waals surface area contributed by atoms with Gasteiger partial charge < -0.3 is 20.0 Å². The maximum absolute atomic E-state index is 4.77. The van der Waals surface area contributed by atoms with Gasteiger partial charge in [0.15, 0.2) is 0 Å². The minimum Gasteiger partial charge on any atom is -0.383 e. The van der Waals surface area contributed by atoms with E-state index in [0.717, 1.165) is 44.8 Å². The van der Waals surface area contributed by atoms with E-state index in [1.807, 2.05) is 20.0 Å². The quantitative estimate of drug-likeness (QED) is 0.521. The van der Waals surface area contributed by atoms with Crippen molar-refractivity contribution in [1.29, 1.82) is 0 Å². The number of anilines is 2. The summed E-state index contributed by atoms with van der Waals surface area (Å²) in [5, 5.41) is 4.99. The lowest BCUT2D eigenvalue weighted by atomic mass is 10.0. The van der Waals surface area contributed by atoms with Gasteiger partial charge in [-0.1, -0.05) is 50.6 Å². The number of hydrogen-bond donors (Lipinski definition) is 1. The molecule has 2 fully saturated rings. The van der Waals surface area contributed by atoms with Crippen LogP contribution in [0.2, 0.25) is 0 Å². The Balaban J connectivity index is 0.00000133. The third-order valence-corrected chi connectivity index (χ3v) is 7.00. The smallest absolute Gasteiger partial charge is 0.0723 e. The first-order valence-corrected chi connectivity index (χ1v) is 13.2. The zero-order chi connectivity index (χ0) is 23.8. The van der Waals surface area contributed by atoms with E-state index in [-0.39, 0.29) is 0 Å². The molecule has 0 amide bonds. The summed E-state index contributed by atoms with van der Waals surface area (Å²) in [6, 6.07) is 17.5. The Morgan fingerprint density at radius 1 is 0.824 bits per heavy atom. The highest BCUT2D eigenvalue weighted by Gasteiger charge is 2.16. The Morgan fingerprint density at radius 2 is 1.53 bits per heavy atom. The number of piperidine rings is 1. The fourth-order valence-corrected chi connectivity index (χ4v) is 4.99. The number of likely N-dealkylation sites (N-methyl/N-ethyl adjacent to an activating group) is 1. The topological polar surface area (TPSA) is 34.6 Å². The second-order valence-electron chi connectivity index (χ2n) is 9.23. The van der Waals surface area contributed by atoms with Crippen molar-refractivity contribution in [1.82, 2.24) is 14.8 Å². The number of para-hydroxylation sites is 1. The van der Waals surface area contributed by atoms with Gasteiger partial charge in [0.25, 0.3) is 0 Å². The van der Waals surface area contributed by atoms with Crippen molar-refractivity contribution in [3.63, 3.8) is 0 Å². The molecule has 0 aliphatic carbocycles. The van der Waals surface area contributed by atoms with E-state index in [2.05, 4.69) is 75.6 Å². The van der Waals surface area contributed by atoms with Gasteiger partial charge in [0.1, 0.15) is 0 Å². The standard InChI is InChI=1S/C27H35N5.C2H6/c1-30-17-19-32(20-18-30)23-11-9-22(10-12-23)25-21-29-26-8-4-3-7-24(26)27(25)28-13-16-31-14-5-2-6-15-31;1-2/h3-4,7-12,21H,2,5-6,13-20H2,1H3,(H,28,29);1-2H3. The average Bonchev–Trinajstić information content (AvgIpc) is 2.91. The Bertz CT molecular complexity index is 1020. The summed E-state index contributed by atoms with van der Waals surface area (Å²) in [4.78, 5) is 12.2. The molecule has 1 N–H and O–H groups in total. The van der Waals surface area contributed by atoms with Crippen molar-refractivity contribution in [2.24, 2.45) is 0 Å². The summed E-state index contributed by atoms with van der Waals surface area (Å²) >= 11 is 0. The van der Waals surface area contributed by atoms with Crippen LogP contribution < -0.4 is 10.2 Å². The van der Waals surface area contributed by atoms with Crippen LogP contribution in [0.3, 0.4) is 0 Å². The number of aromatic nitrogens is 1. The fourth-order valence-electron chi connectivity index (χ4n) is 4.99. The molecule has 5 nitrogen and oxygen atoms in total. The van der Waals surface area contributed by atoms with Crippen molar-refractivity contribution in [2.45, 2.75) is 33.1 Å². The monoisotopic (exact) mass is 459 g/mol. The first-order chi connectivity index (χ1) is 16.8. The van der Waals surface area contributed by atoms with Gasteiger partial charge in [0.05, 0.1) is 11.2 Å². The van der Waals surface area contributed by atoms with E-state index in [0.29, 0.717) is 0 Å². The maximum Gasteiger partial charge on any atom is 0.0723 e. The third kappa shape index (κ3) is 5.89. The average molecular weight is 460 g/mol. The summed E-state index contributed by atoms with van der Waals surface area (Å²) in [5.74, 6) is 0. The van der Waals surface area contributed by atoms with E-state index >= 15 is 0 Å². The van der Waals surface area contributed by atoms with Crippen molar-refractivity contribution in [2.75, 3.05) is 69.6 Å². The van der Waals surface area contributed by atoms with Crippen LogP contribution in [0.25, 0.3) is 22.0 Å². The van der Waals surface area contributed by atoms with Gasteiger partial charge in [-0.05, 0) is 56.7 Å². The molecule has 2 aliphatic rings. The minimum absolute atomic E-state index is 0.959. The fraction of sp³-hybridized carbons (Fsp3) is 0.483. The lowest BCUT2D eigenvalue weighted by Crippen LogP contribution is -2.44. The first kappa shape index (κ1) is 24.5. The molecule has 1 aromatic heterocycles. The molecule has 2 aromatic carbocycles. The van der Waals surface area contributed by atoms with Gasteiger partial charge in [-0.3, -0.25) is 4.98 Å². The normalized spacial score (nSPS) is 17.3. The summed E-state index contributed by atoms with van der Waals surface area (Å²) in [6.45, 7) is 13.0. The second kappa shape index (κ2) is 12.2. The number of rotatable bonds is 6. The van der Waals surface area contributed by atoms with Crippen LogP contribution in [0, 0.1) is 0 Å². The molecule has 0 bridgehead atoms. The third-order valence-electron chi connectivity index (χ3n) is 7.00.